The van der Waals surface area contributed by atoms with Crippen molar-refractivity contribution in [1.82, 2.24) is 4.90 Å². The molecule has 3 nitrogen and oxygen atoms in total. The summed E-state index contributed by atoms with van der Waals surface area (Å²) in [6.45, 7) is 7.13. The number of aryl methyl sites for hydroxylation is 2. The number of nitrogen functional groups attached to an aromatic ring is 1. The molecule has 0 aliphatic rings. The fourth-order valence-electron chi connectivity index (χ4n) is 2.97. The number of carbonyl (C=O) groups is 1. The van der Waals surface area contributed by atoms with Crippen molar-refractivity contribution >= 4 is 11.6 Å². The molecule has 128 valence electrons. The van der Waals surface area contributed by atoms with E-state index in [-0.39, 0.29) is 11.3 Å². The fourth-order valence-corrected chi connectivity index (χ4v) is 2.97. The van der Waals surface area contributed by atoms with Crippen molar-refractivity contribution in [2.24, 2.45) is 0 Å². The van der Waals surface area contributed by atoms with Gasteiger partial charge < -0.3 is 10.6 Å². The first-order chi connectivity index (χ1) is 11.3. The zero-order valence-corrected chi connectivity index (χ0v) is 15.2. The Labute approximate surface area is 145 Å². The monoisotopic (exact) mass is 324 g/mol. The van der Waals surface area contributed by atoms with Crippen LogP contribution in [0.15, 0.2) is 48.5 Å². The highest BCUT2D eigenvalue weighted by atomic mass is 16.2. The van der Waals surface area contributed by atoms with Gasteiger partial charge in [-0.3, -0.25) is 4.79 Å². The van der Waals surface area contributed by atoms with Gasteiger partial charge in [-0.2, -0.15) is 0 Å². The Balaban J connectivity index is 1.95. The van der Waals surface area contributed by atoms with Crippen molar-refractivity contribution in [2.45, 2.75) is 39.0 Å². The summed E-state index contributed by atoms with van der Waals surface area (Å²) in [5.41, 5.74) is 10.2. The Hall–Kier alpha value is -2.29. The first-order valence-corrected chi connectivity index (χ1v) is 8.44. The average molecular weight is 324 g/mol. The van der Waals surface area contributed by atoms with Crippen molar-refractivity contribution in [3.05, 3.63) is 65.2 Å². The van der Waals surface area contributed by atoms with Gasteiger partial charge in [-0.15, -0.1) is 0 Å². The predicted octanol–water partition coefficient (Wildman–Crippen LogP) is 3.95. The number of hydrogen-bond donors (Lipinski definition) is 1. The molecule has 2 aromatic carbocycles. The van der Waals surface area contributed by atoms with Crippen LogP contribution >= 0.6 is 0 Å². The van der Waals surface area contributed by atoms with Crippen molar-refractivity contribution < 1.29 is 4.79 Å². The number of anilines is 1. The molecule has 0 bridgehead atoms. The quantitative estimate of drug-likeness (QED) is 0.818. The number of benzene rings is 2. The molecule has 2 N–H and O–H groups in total. The van der Waals surface area contributed by atoms with Crippen LogP contribution in [-0.2, 0) is 16.6 Å². The van der Waals surface area contributed by atoms with Gasteiger partial charge in [-0.1, -0.05) is 61.9 Å². The number of amides is 1. The summed E-state index contributed by atoms with van der Waals surface area (Å²) in [6.07, 6.45) is 1.16. The average Bonchev–Trinajstić information content (AvgIpc) is 2.53. The maximum absolute atomic E-state index is 12.5. The number of rotatable bonds is 6. The van der Waals surface area contributed by atoms with Crippen LogP contribution in [0, 0.1) is 6.92 Å². The molecule has 0 radical (unpaired) electrons. The Morgan fingerprint density at radius 2 is 1.71 bits per heavy atom. The molecule has 24 heavy (non-hydrogen) atoms. The maximum Gasteiger partial charge on any atom is 0.222 e. The molecule has 3 heteroatoms. The van der Waals surface area contributed by atoms with Gasteiger partial charge in [0.2, 0.25) is 5.91 Å². The van der Waals surface area contributed by atoms with Crippen LogP contribution in [0.25, 0.3) is 0 Å². The Kier molecular flexibility index (Phi) is 5.66. The lowest BCUT2D eigenvalue weighted by molar-refractivity contribution is -0.130. The van der Waals surface area contributed by atoms with E-state index in [2.05, 4.69) is 45.0 Å². The SMILES string of the molecule is Cc1ccc(C(C)(C)CN(C)C(=O)CCc2ccccc2N)cc1. The minimum Gasteiger partial charge on any atom is -0.399 e. The van der Waals surface area contributed by atoms with Crippen LogP contribution in [0.5, 0.6) is 0 Å². The highest BCUT2D eigenvalue weighted by molar-refractivity contribution is 5.76. The van der Waals surface area contributed by atoms with E-state index in [9.17, 15) is 4.79 Å². The summed E-state index contributed by atoms with van der Waals surface area (Å²) in [7, 11) is 1.88. The highest BCUT2D eigenvalue weighted by Crippen LogP contribution is 2.25. The van der Waals surface area contributed by atoms with Gasteiger partial charge in [0.25, 0.3) is 0 Å². The van der Waals surface area contributed by atoms with Crippen molar-refractivity contribution in [1.29, 1.82) is 0 Å². The van der Waals surface area contributed by atoms with Crippen LogP contribution in [0.4, 0.5) is 5.69 Å². The summed E-state index contributed by atoms with van der Waals surface area (Å²) in [5, 5.41) is 0. The van der Waals surface area contributed by atoms with Gasteiger partial charge >= 0.3 is 0 Å². The molecule has 0 atom stereocenters. The lowest BCUT2D eigenvalue weighted by atomic mass is 9.83. The van der Waals surface area contributed by atoms with E-state index in [0.29, 0.717) is 19.4 Å². The molecule has 0 saturated carbocycles. The zero-order chi connectivity index (χ0) is 17.7. The Bertz CT molecular complexity index is 689. The van der Waals surface area contributed by atoms with Crippen LogP contribution < -0.4 is 5.73 Å². The second-order valence-electron chi connectivity index (χ2n) is 7.20. The molecule has 0 aliphatic heterocycles. The molecule has 0 unspecified atom stereocenters. The Morgan fingerprint density at radius 3 is 2.33 bits per heavy atom. The molecule has 1 amide bonds. The van der Waals surface area contributed by atoms with Gasteiger partial charge in [0, 0.05) is 31.1 Å². The summed E-state index contributed by atoms with van der Waals surface area (Å²) in [6, 6.07) is 16.3. The lowest BCUT2D eigenvalue weighted by Gasteiger charge is -2.31. The minimum absolute atomic E-state index is 0.0795. The zero-order valence-electron chi connectivity index (χ0n) is 15.2. The minimum atomic E-state index is -0.0795. The second kappa shape index (κ2) is 7.52. The standard InChI is InChI=1S/C21H28N2O/c1-16-9-12-18(13-10-16)21(2,3)15-23(4)20(24)14-11-17-7-5-6-8-19(17)22/h5-10,12-13H,11,14-15,22H2,1-4H3. The maximum atomic E-state index is 12.5. The topological polar surface area (TPSA) is 46.3 Å². The third-order valence-electron chi connectivity index (χ3n) is 4.55. The van der Waals surface area contributed by atoms with E-state index in [0.717, 1.165) is 11.3 Å². The van der Waals surface area contributed by atoms with Crippen molar-refractivity contribution in [3.63, 3.8) is 0 Å². The first kappa shape index (κ1) is 18.1. The first-order valence-electron chi connectivity index (χ1n) is 8.44. The number of nitrogens with zero attached hydrogens (tertiary/aromatic N) is 1. The molecule has 0 aromatic heterocycles. The third-order valence-corrected chi connectivity index (χ3v) is 4.55. The third kappa shape index (κ3) is 4.60. The van der Waals surface area contributed by atoms with Gasteiger partial charge in [0.15, 0.2) is 0 Å². The van der Waals surface area contributed by atoms with E-state index in [1.807, 2.05) is 36.2 Å². The van der Waals surface area contributed by atoms with Crippen molar-refractivity contribution in [2.75, 3.05) is 19.3 Å². The van der Waals surface area contributed by atoms with Gasteiger partial charge in [-0.05, 0) is 30.5 Å². The Morgan fingerprint density at radius 1 is 1.08 bits per heavy atom. The molecular weight excluding hydrogens is 296 g/mol. The summed E-state index contributed by atoms with van der Waals surface area (Å²) in [4.78, 5) is 14.3. The van der Waals surface area contributed by atoms with E-state index < -0.39 is 0 Å². The fraction of sp³-hybridized carbons (Fsp3) is 0.381. The van der Waals surface area contributed by atoms with E-state index in [4.69, 9.17) is 5.73 Å². The summed E-state index contributed by atoms with van der Waals surface area (Å²) in [5.74, 6) is 0.151. The number of hydrogen-bond acceptors (Lipinski definition) is 2. The van der Waals surface area contributed by atoms with Crippen LogP contribution in [0.2, 0.25) is 0 Å². The second-order valence-corrected chi connectivity index (χ2v) is 7.20. The number of nitrogens with two attached hydrogens (primary N) is 1. The molecular formula is C21H28N2O. The summed E-state index contributed by atoms with van der Waals surface area (Å²) < 4.78 is 0. The van der Waals surface area contributed by atoms with E-state index >= 15 is 0 Å². The molecule has 0 spiro atoms. The molecule has 2 aromatic rings. The highest BCUT2D eigenvalue weighted by Gasteiger charge is 2.24. The van der Waals surface area contributed by atoms with Gasteiger partial charge in [-0.25, -0.2) is 0 Å². The molecule has 0 heterocycles. The van der Waals surface area contributed by atoms with Crippen LogP contribution in [0.3, 0.4) is 0 Å². The lowest BCUT2D eigenvalue weighted by Crippen LogP contribution is -2.38. The van der Waals surface area contributed by atoms with E-state index in [1.165, 1.54) is 11.1 Å². The van der Waals surface area contributed by atoms with E-state index in [1.54, 1.807) is 0 Å². The predicted molar refractivity (Wildman–Crippen MR) is 101 cm³/mol. The number of para-hydroxylation sites is 1. The number of carbonyl (C=O) groups excluding carboxylic acids is 1. The van der Waals surface area contributed by atoms with Crippen LogP contribution in [0.1, 0.15) is 37.0 Å². The van der Waals surface area contributed by atoms with Crippen molar-refractivity contribution in [3.8, 4) is 0 Å². The summed E-state index contributed by atoms with van der Waals surface area (Å²) >= 11 is 0. The van der Waals surface area contributed by atoms with Gasteiger partial charge in [0.05, 0.1) is 0 Å². The molecule has 0 fully saturated rings. The normalized spacial score (nSPS) is 11.3. The smallest absolute Gasteiger partial charge is 0.222 e. The molecule has 0 aliphatic carbocycles. The van der Waals surface area contributed by atoms with Crippen LogP contribution in [-0.4, -0.2) is 24.4 Å². The molecule has 0 saturated heterocycles. The van der Waals surface area contributed by atoms with Gasteiger partial charge in [0.1, 0.15) is 0 Å². The largest absolute Gasteiger partial charge is 0.399 e. The number of likely N-dealkylation sites (N-methyl/N-ethyl adjacent to an activating group) is 1. The molecule has 2 rings (SSSR count).